The van der Waals surface area contributed by atoms with Crippen molar-refractivity contribution in [2.45, 2.75) is 36.3 Å². The van der Waals surface area contributed by atoms with Crippen molar-refractivity contribution in [2.24, 2.45) is 0 Å². The van der Waals surface area contributed by atoms with Gasteiger partial charge in [0.25, 0.3) is 0 Å². The molecule has 1 aromatic carbocycles. The number of benzene rings is 1. The first-order valence-corrected chi connectivity index (χ1v) is 9.44. The lowest BCUT2D eigenvalue weighted by Gasteiger charge is -2.18. The minimum Gasteiger partial charge on any atom is -0.342 e. The van der Waals surface area contributed by atoms with Crippen LogP contribution in [0.4, 0.5) is 10.8 Å². The number of nitrogens with zero attached hydrogens (tertiary/aromatic N) is 3. The molecule has 0 unspecified atom stereocenters. The maximum absolute atomic E-state index is 12.3. The number of anilines is 2. The zero-order chi connectivity index (χ0) is 16.2. The largest absolute Gasteiger partial charge is 0.342 e. The number of hydrogen-bond acceptors (Lipinski definition) is 6. The predicted molar refractivity (Wildman–Crippen MR) is 95.5 cm³/mol. The Morgan fingerprint density at radius 3 is 2.78 bits per heavy atom. The van der Waals surface area contributed by atoms with Gasteiger partial charge in [-0.1, -0.05) is 41.3 Å². The molecule has 2 heterocycles. The second-order valence-corrected chi connectivity index (χ2v) is 8.17. The van der Waals surface area contributed by atoms with E-state index in [9.17, 15) is 4.79 Å². The number of carbonyl (C=O) groups excluding carboxylic acids is 1. The van der Waals surface area contributed by atoms with E-state index in [0.29, 0.717) is 0 Å². The van der Waals surface area contributed by atoms with Crippen LogP contribution in [0.5, 0.6) is 0 Å². The Hall–Kier alpha value is -1.60. The molecule has 1 atom stereocenters. The maximum atomic E-state index is 12.3. The molecule has 1 N–H and O–H groups in total. The Balaban J connectivity index is 1.60. The Labute approximate surface area is 144 Å². The Kier molecular flexibility index (Phi) is 5.17. The van der Waals surface area contributed by atoms with Crippen molar-refractivity contribution in [1.82, 2.24) is 15.1 Å². The molecular formula is C16H20N4OS2. The third-order valence-electron chi connectivity index (χ3n) is 3.84. The van der Waals surface area contributed by atoms with Gasteiger partial charge in [0.05, 0.1) is 5.25 Å². The second kappa shape index (κ2) is 7.31. The van der Waals surface area contributed by atoms with E-state index < -0.39 is 0 Å². The number of hydrogen-bond donors (Lipinski definition) is 1. The van der Waals surface area contributed by atoms with Crippen molar-refractivity contribution in [1.29, 1.82) is 0 Å². The summed E-state index contributed by atoms with van der Waals surface area (Å²) in [5.41, 5.74) is 2.19. The van der Waals surface area contributed by atoms with Crippen LogP contribution in [0, 0.1) is 6.92 Å². The highest BCUT2D eigenvalue weighted by atomic mass is 32.2. The van der Waals surface area contributed by atoms with E-state index >= 15 is 0 Å². The first-order valence-electron chi connectivity index (χ1n) is 7.75. The molecule has 2 aromatic rings. The van der Waals surface area contributed by atoms with Gasteiger partial charge in [0.15, 0.2) is 4.34 Å². The molecule has 1 aliphatic rings. The summed E-state index contributed by atoms with van der Waals surface area (Å²) in [7, 11) is 0. The fourth-order valence-corrected chi connectivity index (χ4v) is 4.52. The molecule has 0 radical (unpaired) electrons. The number of amides is 1. The Morgan fingerprint density at radius 2 is 2.04 bits per heavy atom. The Morgan fingerprint density at radius 1 is 1.30 bits per heavy atom. The lowest BCUT2D eigenvalue weighted by atomic mass is 10.2. The number of aromatic nitrogens is 2. The highest BCUT2D eigenvalue weighted by molar-refractivity contribution is 8.02. The first kappa shape index (κ1) is 16.3. The summed E-state index contributed by atoms with van der Waals surface area (Å²) in [6.07, 6.45) is 2.23. The molecule has 122 valence electrons. The van der Waals surface area contributed by atoms with Gasteiger partial charge in [0, 0.05) is 18.8 Å². The third kappa shape index (κ3) is 4.03. The van der Waals surface area contributed by atoms with E-state index in [2.05, 4.69) is 28.5 Å². The molecule has 1 aromatic heterocycles. The summed E-state index contributed by atoms with van der Waals surface area (Å²) >= 11 is 2.97. The van der Waals surface area contributed by atoms with Crippen molar-refractivity contribution >= 4 is 39.8 Å². The molecule has 23 heavy (non-hydrogen) atoms. The molecule has 3 rings (SSSR count). The van der Waals surface area contributed by atoms with E-state index in [0.717, 1.165) is 46.7 Å². The van der Waals surface area contributed by atoms with Crippen LogP contribution >= 0.6 is 23.1 Å². The summed E-state index contributed by atoms with van der Waals surface area (Å²) in [5, 5.41) is 12.3. The third-order valence-corrected chi connectivity index (χ3v) is 5.85. The van der Waals surface area contributed by atoms with Crippen molar-refractivity contribution in [2.75, 3.05) is 18.4 Å². The lowest BCUT2D eigenvalue weighted by molar-refractivity contribution is -0.129. The number of aryl methyl sites for hydroxylation is 1. The van der Waals surface area contributed by atoms with Crippen LogP contribution in [0.1, 0.15) is 25.3 Å². The van der Waals surface area contributed by atoms with Gasteiger partial charge < -0.3 is 10.2 Å². The van der Waals surface area contributed by atoms with Crippen LogP contribution in [-0.4, -0.2) is 39.3 Å². The summed E-state index contributed by atoms with van der Waals surface area (Å²) in [6, 6.07) is 8.06. The highest BCUT2D eigenvalue weighted by Gasteiger charge is 2.25. The molecule has 1 amide bonds. The first-order chi connectivity index (χ1) is 11.1. The number of thioether (sulfide) groups is 1. The molecule has 0 saturated carbocycles. The average Bonchev–Trinajstić information content (AvgIpc) is 3.21. The van der Waals surface area contributed by atoms with Gasteiger partial charge in [-0.3, -0.25) is 4.79 Å². The van der Waals surface area contributed by atoms with Crippen molar-refractivity contribution < 1.29 is 4.79 Å². The quantitative estimate of drug-likeness (QED) is 0.835. The maximum Gasteiger partial charge on any atom is 0.235 e. The molecular weight excluding hydrogens is 328 g/mol. The fourth-order valence-electron chi connectivity index (χ4n) is 2.53. The summed E-state index contributed by atoms with van der Waals surface area (Å²) in [4.78, 5) is 14.3. The molecule has 0 bridgehead atoms. The summed E-state index contributed by atoms with van der Waals surface area (Å²) in [5.74, 6) is 0.205. The van der Waals surface area contributed by atoms with Crippen LogP contribution < -0.4 is 5.32 Å². The molecule has 1 fully saturated rings. The van der Waals surface area contributed by atoms with E-state index in [4.69, 9.17) is 0 Å². The molecule has 7 heteroatoms. The topological polar surface area (TPSA) is 58.1 Å². The van der Waals surface area contributed by atoms with Gasteiger partial charge in [0.2, 0.25) is 11.0 Å². The van der Waals surface area contributed by atoms with Crippen molar-refractivity contribution in [3.63, 3.8) is 0 Å². The van der Waals surface area contributed by atoms with Gasteiger partial charge in [-0.15, -0.1) is 10.2 Å². The van der Waals surface area contributed by atoms with Crippen LogP contribution in [0.15, 0.2) is 28.6 Å². The van der Waals surface area contributed by atoms with Crippen LogP contribution in [-0.2, 0) is 4.79 Å². The number of likely N-dealkylation sites (tertiary alicyclic amines) is 1. The van der Waals surface area contributed by atoms with Crippen molar-refractivity contribution in [3.05, 3.63) is 29.8 Å². The normalized spacial score (nSPS) is 15.7. The average molecular weight is 348 g/mol. The van der Waals surface area contributed by atoms with Crippen LogP contribution in [0.2, 0.25) is 0 Å². The van der Waals surface area contributed by atoms with Gasteiger partial charge >= 0.3 is 0 Å². The zero-order valence-electron chi connectivity index (χ0n) is 13.3. The molecule has 5 nitrogen and oxygen atoms in total. The van der Waals surface area contributed by atoms with Crippen LogP contribution in [0.25, 0.3) is 0 Å². The van der Waals surface area contributed by atoms with Gasteiger partial charge in [-0.25, -0.2) is 0 Å². The standard InChI is InChI=1S/C16H20N4OS2/c1-11-7-3-4-8-13(11)17-15-18-19-16(23-15)22-12(2)14(21)20-9-5-6-10-20/h3-4,7-8,12H,5-6,9-10H2,1-2H3,(H,17,18)/t12-/m0/s1. The SMILES string of the molecule is Cc1ccccc1Nc1nnc(S[C@@H](C)C(=O)N2CCCC2)s1. The number of nitrogens with one attached hydrogen (secondary N) is 1. The number of carbonyl (C=O) groups is 1. The summed E-state index contributed by atoms with van der Waals surface area (Å²) < 4.78 is 0.820. The van der Waals surface area contributed by atoms with E-state index in [1.54, 1.807) is 0 Å². The number of para-hydroxylation sites is 1. The smallest absolute Gasteiger partial charge is 0.235 e. The lowest BCUT2D eigenvalue weighted by Crippen LogP contribution is -2.33. The molecule has 1 saturated heterocycles. The molecule has 0 aliphatic carbocycles. The minimum atomic E-state index is -0.118. The highest BCUT2D eigenvalue weighted by Crippen LogP contribution is 2.32. The van der Waals surface area contributed by atoms with Crippen molar-refractivity contribution in [3.8, 4) is 0 Å². The second-order valence-electron chi connectivity index (χ2n) is 5.61. The molecule has 0 spiro atoms. The monoisotopic (exact) mass is 348 g/mol. The Bertz CT molecular complexity index is 682. The fraction of sp³-hybridized carbons (Fsp3) is 0.438. The van der Waals surface area contributed by atoms with Gasteiger partial charge in [0.1, 0.15) is 0 Å². The summed E-state index contributed by atoms with van der Waals surface area (Å²) in [6.45, 7) is 5.77. The predicted octanol–water partition coefficient (Wildman–Crippen LogP) is 3.69. The van der Waals surface area contributed by atoms with Gasteiger partial charge in [-0.05, 0) is 38.3 Å². The number of rotatable bonds is 5. The van der Waals surface area contributed by atoms with Crippen LogP contribution in [0.3, 0.4) is 0 Å². The minimum absolute atomic E-state index is 0.118. The molecule has 1 aliphatic heterocycles. The zero-order valence-corrected chi connectivity index (χ0v) is 14.9. The van der Waals surface area contributed by atoms with Gasteiger partial charge in [-0.2, -0.15) is 0 Å². The van der Waals surface area contributed by atoms with E-state index in [1.165, 1.54) is 23.1 Å². The van der Waals surface area contributed by atoms with E-state index in [-0.39, 0.29) is 11.2 Å². The van der Waals surface area contributed by atoms with E-state index in [1.807, 2.05) is 30.0 Å².